The Morgan fingerprint density at radius 2 is 1.77 bits per heavy atom. The summed E-state index contributed by atoms with van der Waals surface area (Å²) < 4.78 is 15.0. The van der Waals surface area contributed by atoms with E-state index in [1.807, 2.05) is 6.92 Å². The van der Waals surface area contributed by atoms with Crippen LogP contribution in [0.4, 0.5) is 5.69 Å². The maximum Gasteiger partial charge on any atom is 0.340 e. The van der Waals surface area contributed by atoms with Crippen LogP contribution >= 0.6 is 0 Å². The normalized spacial score (nSPS) is 11.5. The van der Waals surface area contributed by atoms with Crippen molar-refractivity contribution in [1.29, 1.82) is 0 Å². The number of methoxy groups -OCH3 is 3. The lowest BCUT2D eigenvalue weighted by Crippen LogP contribution is -2.35. The number of hydrogen-bond donors (Lipinski definition) is 2. The molecule has 0 saturated heterocycles. The van der Waals surface area contributed by atoms with Crippen molar-refractivity contribution in [2.24, 2.45) is 5.73 Å². The lowest BCUT2D eigenvalue weighted by molar-refractivity contribution is -0.117. The first-order chi connectivity index (χ1) is 10.5. The van der Waals surface area contributed by atoms with Crippen molar-refractivity contribution in [3.63, 3.8) is 0 Å². The van der Waals surface area contributed by atoms with Crippen LogP contribution in [0.15, 0.2) is 12.1 Å². The zero-order valence-electron chi connectivity index (χ0n) is 13.3. The number of hydrogen-bond acceptors (Lipinski definition) is 6. The standard InChI is InChI=1S/C15H22N2O5/c1-5-6-10(16)14(18)17-11-8-13(21-3)12(20-2)7-9(11)15(19)22-4/h7-8,10H,5-6,16H2,1-4H3,(H,17,18). The van der Waals surface area contributed by atoms with Crippen molar-refractivity contribution < 1.29 is 23.8 Å². The van der Waals surface area contributed by atoms with Gasteiger partial charge in [0.25, 0.3) is 0 Å². The molecule has 22 heavy (non-hydrogen) atoms. The van der Waals surface area contributed by atoms with Crippen molar-refractivity contribution in [2.45, 2.75) is 25.8 Å². The number of amides is 1. The third-order valence-corrected chi connectivity index (χ3v) is 3.12. The van der Waals surface area contributed by atoms with Crippen LogP contribution in [-0.2, 0) is 9.53 Å². The second kappa shape index (κ2) is 8.23. The Kier molecular flexibility index (Phi) is 6.65. The van der Waals surface area contributed by atoms with Crippen LogP contribution in [0, 0.1) is 0 Å². The summed E-state index contributed by atoms with van der Waals surface area (Å²) in [6, 6.07) is 2.30. The average Bonchev–Trinajstić information content (AvgIpc) is 2.53. The van der Waals surface area contributed by atoms with E-state index in [1.165, 1.54) is 33.5 Å². The summed E-state index contributed by atoms with van der Waals surface area (Å²) in [7, 11) is 4.17. The van der Waals surface area contributed by atoms with E-state index in [9.17, 15) is 9.59 Å². The van der Waals surface area contributed by atoms with E-state index in [1.54, 1.807) is 0 Å². The molecule has 0 aromatic heterocycles. The number of ether oxygens (including phenoxy) is 3. The molecule has 1 amide bonds. The molecule has 0 bridgehead atoms. The van der Waals surface area contributed by atoms with E-state index >= 15 is 0 Å². The highest BCUT2D eigenvalue weighted by molar-refractivity contribution is 6.03. The van der Waals surface area contributed by atoms with Gasteiger partial charge in [-0.05, 0) is 6.42 Å². The smallest absolute Gasteiger partial charge is 0.340 e. The molecule has 0 aliphatic rings. The molecule has 0 fully saturated rings. The molecule has 3 N–H and O–H groups in total. The van der Waals surface area contributed by atoms with E-state index < -0.39 is 12.0 Å². The molecule has 1 aromatic rings. The van der Waals surface area contributed by atoms with Crippen molar-refractivity contribution in [3.05, 3.63) is 17.7 Å². The lowest BCUT2D eigenvalue weighted by atomic mass is 10.1. The number of anilines is 1. The van der Waals surface area contributed by atoms with E-state index in [-0.39, 0.29) is 17.2 Å². The Balaban J connectivity index is 3.20. The summed E-state index contributed by atoms with van der Waals surface area (Å²) in [5, 5.41) is 2.64. The average molecular weight is 310 g/mol. The molecule has 1 aromatic carbocycles. The Bertz CT molecular complexity index is 545. The van der Waals surface area contributed by atoms with Gasteiger partial charge in [0.2, 0.25) is 5.91 Å². The third kappa shape index (κ3) is 4.11. The maximum atomic E-state index is 12.1. The number of carbonyl (C=O) groups excluding carboxylic acids is 2. The lowest BCUT2D eigenvalue weighted by Gasteiger charge is -2.16. The van der Waals surface area contributed by atoms with Gasteiger partial charge in [-0.15, -0.1) is 0 Å². The molecule has 1 atom stereocenters. The minimum atomic E-state index is -0.649. The quantitative estimate of drug-likeness (QED) is 0.741. The largest absolute Gasteiger partial charge is 0.493 e. The minimum absolute atomic E-state index is 0.164. The zero-order valence-corrected chi connectivity index (χ0v) is 13.3. The molecule has 0 heterocycles. The SMILES string of the molecule is CCCC(N)C(=O)Nc1cc(OC)c(OC)cc1C(=O)OC. The van der Waals surface area contributed by atoms with Crippen LogP contribution in [-0.4, -0.2) is 39.2 Å². The van der Waals surface area contributed by atoms with E-state index in [0.717, 1.165) is 6.42 Å². The predicted octanol–water partition coefficient (Wildman–Crippen LogP) is 1.56. The summed E-state index contributed by atoms with van der Waals surface area (Å²) in [6.45, 7) is 1.93. The van der Waals surface area contributed by atoms with Crippen molar-refractivity contribution in [3.8, 4) is 11.5 Å². The number of esters is 1. The van der Waals surface area contributed by atoms with E-state index in [4.69, 9.17) is 19.9 Å². The van der Waals surface area contributed by atoms with Gasteiger partial charge in [-0.1, -0.05) is 13.3 Å². The molecule has 1 rings (SSSR count). The molecule has 7 heteroatoms. The first kappa shape index (κ1) is 17.8. The van der Waals surface area contributed by atoms with Gasteiger partial charge in [-0.2, -0.15) is 0 Å². The molecule has 0 aliphatic heterocycles. The van der Waals surface area contributed by atoms with E-state index in [0.29, 0.717) is 17.9 Å². The molecule has 0 spiro atoms. The highest BCUT2D eigenvalue weighted by Crippen LogP contribution is 2.33. The highest BCUT2D eigenvalue weighted by Gasteiger charge is 2.21. The van der Waals surface area contributed by atoms with Gasteiger partial charge in [-0.3, -0.25) is 4.79 Å². The number of nitrogens with one attached hydrogen (secondary N) is 1. The van der Waals surface area contributed by atoms with Crippen LogP contribution in [0.5, 0.6) is 11.5 Å². The first-order valence-corrected chi connectivity index (χ1v) is 6.89. The van der Waals surface area contributed by atoms with Crippen LogP contribution in [0.3, 0.4) is 0 Å². The summed E-state index contributed by atoms with van der Waals surface area (Å²) in [6.07, 6.45) is 1.33. The summed E-state index contributed by atoms with van der Waals surface area (Å²) in [5.74, 6) is -0.229. The minimum Gasteiger partial charge on any atom is -0.493 e. The highest BCUT2D eigenvalue weighted by atomic mass is 16.5. The van der Waals surface area contributed by atoms with Gasteiger partial charge in [-0.25, -0.2) is 4.79 Å². The van der Waals surface area contributed by atoms with Crippen LogP contribution < -0.4 is 20.5 Å². The summed E-state index contributed by atoms with van der Waals surface area (Å²) in [4.78, 5) is 23.9. The van der Waals surface area contributed by atoms with Crippen LogP contribution in [0.1, 0.15) is 30.1 Å². The zero-order chi connectivity index (χ0) is 16.7. The van der Waals surface area contributed by atoms with E-state index in [2.05, 4.69) is 5.32 Å². The first-order valence-electron chi connectivity index (χ1n) is 6.89. The molecule has 0 saturated carbocycles. The monoisotopic (exact) mass is 310 g/mol. The Labute approximate surface area is 129 Å². The van der Waals surface area contributed by atoms with Gasteiger partial charge in [0.15, 0.2) is 11.5 Å². The summed E-state index contributed by atoms with van der Waals surface area (Å²) in [5.41, 5.74) is 6.21. The fraction of sp³-hybridized carbons (Fsp3) is 0.467. The predicted molar refractivity (Wildman–Crippen MR) is 82.4 cm³/mol. The second-order valence-electron chi connectivity index (χ2n) is 4.63. The molecular weight excluding hydrogens is 288 g/mol. The fourth-order valence-corrected chi connectivity index (χ4v) is 1.93. The summed E-state index contributed by atoms with van der Waals surface area (Å²) >= 11 is 0. The fourth-order valence-electron chi connectivity index (χ4n) is 1.93. The van der Waals surface area contributed by atoms with Gasteiger partial charge in [0, 0.05) is 12.1 Å². The number of nitrogens with two attached hydrogens (primary N) is 1. The molecule has 122 valence electrons. The second-order valence-corrected chi connectivity index (χ2v) is 4.63. The molecular formula is C15H22N2O5. The number of rotatable bonds is 7. The number of carbonyl (C=O) groups is 2. The van der Waals surface area contributed by atoms with Gasteiger partial charge < -0.3 is 25.3 Å². The topological polar surface area (TPSA) is 99.9 Å². The van der Waals surface area contributed by atoms with Gasteiger partial charge >= 0.3 is 5.97 Å². The Morgan fingerprint density at radius 3 is 2.27 bits per heavy atom. The van der Waals surface area contributed by atoms with Gasteiger partial charge in [0.1, 0.15) is 0 Å². The van der Waals surface area contributed by atoms with Crippen LogP contribution in [0.2, 0.25) is 0 Å². The molecule has 0 aliphatic carbocycles. The van der Waals surface area contributed by atoms with Gasteiger partial charge in [0.05, 0.1) is 38.6 Å². The Hall–Kier alpha value is -2.28. The van der Waals surface area contributed by atoms with Crippen molar-refractivity contribution in [1.82, 2.24) is 0 Å². The van der Waals surface area contributed by atoms with Crippen LogP contribution in [0.25, 0.3) is 0 Å². The number of benzene rings is 1. The maximum absolute atomic E-state index is 12.1. The third-order valence-electron chi connectivity index (χ3n) is 3.12. The van der Waals surface area contributed by atoms with Crippen molar-refractivity contribution >= 4 is 17.6 Å². The molecule has 0 radical (unpaired) electrons. The Morgan fingerprint density at radius 1 is 1.18 bits per heavy atom. The van der Waals surface area contributed by atoms with Crippen molar-refractivity contribution in [2.75, 3.05) is 26.6 Å². The molecule has 1 unspecified atom stereocenters. The molecule has 7 nitrogen and oxygen atoms in total.